The Morgan fingerprint density at radius 1 is 0.938 bits per heavy atom. The average Bonchev–Trinajstić information content (AvgIpc) is 2.13. The third-order valence-corrected chi connectivity index (χ3v) is 3.39. The van der Waals surface area contributed by atoms with Crippen molar-refractivity contribution in [1.29, 1.82) is 0 Å². The first-order valence-corrected chi connectivity index (χ1v) is 5.88. The number of rotatable bonds is 4. The Kier molecular flexibility index (Phi) is 2.91. The lowest BCUT2D eigenvalue weighted by molar-refractivity contribution is -0.140. The van der Waals surface area contributed by atoms with E-state index in [4.69, 9.17) is 9.47 Å². The van der Waals surface area contributed by atoms with Crippen LogP contribution in [0.2, 0.25) is 0 Å². The van der Waals surface area contributed by atoms with Crippen LogP contribution in [0.25, 0.3) is 0 Å². The third-order valence-electron chi connectivity index (χ3n) is 3.39. The summed E-state index contributed by atoms with van der Waals surface area (Å²) in [6.45, 7) is 4.53. The van der Waals surface area contributed by atoms with Crippen molar-refractivity contribution in [2.75, 3.05) is 26.4 Å². The zero-order valence-electron chi connectivity index (χ0n) is 9.34. The van der Waals surface area contributed by atoms with Gasteiger partial charge in [-0.15, -0.1) is 0 Å². The molecule has 2 heterocycles. The van der Waals surface area contributed by atoms with Crippen molar-refractivity contribution >= 4 is 0 Å². The molecule has 2 saturated heterocycles. The molecule has 3 heteroatoms. The van der Waals surface area contributed by atoms with E-state index in [0.717, 1.165) is 33.0 Å². The molecule has 2 fully saturated rings. The van der Waals surface area contributed by atoms with Gasteiger partial charge in [0.15, 0.2) is 0 Å². The van der Waals surface area contributed by atoms with Crippen LogP contribution in [0.5, 0.6) is 0 Å². The van der Waals surface area contributed by atoms with Crippen LogP contribution in [0.15, 0.2) is 30.3 Å². The van der Waals surface area contributed by atoms with E-state index in [1.165, 1.54) is 5.56 Å². The predicted molar refractivity (Wildman–Crippen MR) is 61.2 cm³/mol. The molecule has 0 N–H and O–H groups in total. The summed E-state index contributed by atoms with van der Waals surface area (Å²) in [7, 11) is 0. The molecular weight excluding hydrogens is 202 g/mol. The highest BCUT2D eigenvalue weighted by molar-refractivity contribution is 5.15. The van der Waals surface area contributed by atoms with Crippen molar-refractivity contribution in [1.82, 2.24) is 4.90 Å². The Morgan fingerprint density at radius 3 is 1.94 bits per heavy atom. The molecule has 0 unspecified atom stereocenters. The fourth-order valence-electron chi connectivity index (χ4n) is 2.18. The van der Waals surface area contributed by atoms with E-state index in [0.29, 0.717) is 12.1 Å². The molecule has 2 aliphatic heterocycles. The summed E-state index contributed by atoms with van der Waals surface area (Å²) in [5.74, 6) is 0. The Bertz CT molecular complexity index is 319. The summed E-state index contributed by atoms with van der Waals surface area (Å²) >= 11 is 0. The van der Waals surface area contributed by atoms with Crippen LogP contribution < -0.4 is 0 Å². The monoisotopic (exact) mass is 219 g/mol. The maximum absolute atomic E-state index is 5.29. The van der Waals surface area contributed by atoms with Crippen LogP contribution >= 0.6 is 0 Å². The first-order valence-electron chi connectivity index (χ1n) is 5.88. The molecule has 86 valence electrons. The lowest BCUT2D eigenvalue weighted by Gasteiger charge is -2.45. The fraction of sp³-hybridized carbons (Fsp3) is 0.538. The molecule has 3 nitrogen and oxygen atoms in total. The Labute approximate surface area is 96.0 Å². The van der Waals surface area contributed by atoms with Gasteiger partial charge >= 0.3 is 0 Å². The van der Waals surface area contributed by atoms with Gasteiger partial charge in [0.05, 0.1) is 38.5 Å². The summed E-state index contributed by atoms with van der Waals surface area (Å²) in [5, 5.41) is 0. The first kappa shape index (κ1) is 10.3. The minimum absolute atomic E-state index is 0.592. The van der Waals surface area contributed by atoms with Crippen LogP contribution in [0.4, 0.5) is 0 Å². The molecular formula is C13H17NO2. The number of nitrogens with zero attached hydrogens (tertiary/aromatic N) is 1. The molecule has 2 aliphatic rings. The predicted octanol–water partition coefficient (Wildman–Crippen LogP) is 1.29. The minimum atomic E-state index is 0.592. The van der Waals surface area contributed by atoms with E-state index < -0.39 is 0 Å². The highest BCUT2D eigenvalue weighted by Crippen LogP contribution is 2.21. The van der Waals surface area contributed by atoms with Gasteiger partial charge in [-0.25, -0.2) is 0 Å². The average molecular weight is 219 g/mol. The summed E-state index contributed by atoms with van der Waals surface area (Å²) in [6.07, 6.45) is 0. The molecule has 0 aromatic heterocycles. The number of hydrogen-bond acceptors (Lipinski definition) is 3. The van der Waals surface area contributed by atoms with Crippen LogP contribution in [0, 0.1) is 0 Å². The van der Waals surface area contributed by atoms with Crippen LogP contribution in [-0.2, 0) is 16.0 Å². The van der Waals surface area contributed by atoms with E-state index in [2.05, 4.69) is 35.2 Å². The molecule has 0 saturated carbocycles. The second kappa shape index (κ2) is 4.53. The van der Waals surface area contributed by atoms with Crippen molar-refractivity contribution in [3.63, 3.8) is 0 Å². The van der Waals surface area contributed by atoms with Gasteiger partial charge in [-0.3, -0.25) is 4.90 Å². The smallest absolute Gasteiger partial charge is 0.0645 e. The molecule has 0 bridgehead atoms. The van der Waals surface area contributed by atoms with Gasteiger partial charge in [0.2, 0.25) is 0 Å². The van der Waals surface area contributed by atoms with Gasteiger partial charge in [0, 0.05) is 6.54 Å². The normalized spacial score (nSPS) is 21.8. The van der Waals surface area contributed by atoms with Gasteiger partial charge in [0.25, 0.3) is 0 Å². The first-order chi connectivity index (χ1) is 7.93. The molecule has 0 aliphatic carbocycles. The van der Waals surface area contributed by atoms with Crippen molar-refractivity contribution in [3.8, 4) is 0 Å². The van der Waals surface area contributed by atoms with Gasteiger partial charge < -0.3 is 9.47 Å². The SMILES string of the molecule is c1ccc(CN(C2COC2)C2COC2)cc1. The van der Waals surface area contributed by atoms with Gasteiger partial charge in [0.1, 0.15) is 0 Å². The second-order valence-electron chi connectivity index (χ2n) is 4.54. The molecule has 0 spiro atoms. The quantitative estimate of drug-likeness (QED) is 0.761. The summed E-state index contributed by atoms with van der Waals surface area (Å²) in [4.78, 5) is 2.53. The van der Waals surface area contributed by atoms with Gasteiger partial charge in [-0.1, -0.05) is 30.3 Å². The third kappa shape index (κ3) is 1.98. The molecule has 1 aromatic rings. The molecule has 16 heavy (non-hydrogen) atoms. The lowest BCUT2D eigenvalue weighted by atomic mass is 10.1. The number of benzene rings is 1. The largest absolute Gasteiger partial charge is 0.378 e. The van der Waals surface area contributed by atoms with E-state index in [9.17, 15) is 0 Å². The van der Waals surface area contributed by atoms with E-state index >= 15 is 0 Å². The maximum atomic E-state index is 5.29. The van der Waals surface area contributed by atoms with E-state index in [-0.39, 0.29) is 0 Å². The van der Waals surface area contributed by atoms with Gasteiger partial charge in [-0.2, -0.15) is 0 Å². The molecule has 3 rings (SSSR count). The zero-order valence-corrected chi connectivity index (χ0v) is 9.34. The topological polar surface area (TPSA) is 21.7 Å². The lowest BCUT2D eigenvalue weighted by Crippen LogP contribution is -2.58. The molecule has 1 aromatic carbocycles. The number of hydrogen-bond donors (Lipinski definition) is 0. The van der Waals surface area contributed by atoms with Crippen molar-refractivity contribution in [3.05, 3.63) is 35.9 Å². The minimum Gasteiger partial charge on any atom is -0.378 e. The maximum Gasteiger partial charge on any atom is 0.0645 e. The van der Waals surface area contributed by atoms with E-state index in [1.807, 2.05) is 0 Å². The highest BCUT2D eigenvalue weighted by atomic mass is 16.5. The van der Waals surface area contributed by atoms with Crippen LogP contribution in [0.1, 0.15) is 5.56 Å². The van der Waals surface area contributed by atoms with Crippen molar-refractivity contribution in [2.24, 2.45) is 0 Å². The standard InChI is InChI=1S/C13H17NO2/c1-2-4-11(5-3-1)6-14(12-7-15-8-12)13-9-16-10-13/h1-5,12-13H,6-10H2. The Balaban J connectivity index is 1.68. The number of ether oxygens (including phenoxy) is 2. The Hall–Kier alpha value is -0.900. The molecule has 0 atom stereocenters. The highest BCUT2D eigenvalue weighted by Gasteiger charge is 2.35. The van der Waals surface area contributed by atoms with E-state index in [1.54, 1.807) is 0 Å². The molecule has 0 amide bonds. The van der Waals surface area contributed by atoms with Crippen LogP contribution in [0.3, 0.4) is 0 Å². The second-order valence-corrected chi connectivity index (χ2v) is 4.54. The van der Waals surface area contributed by atoms with Crippen LogP contribution in [-0.4, -0.2) is 43.4 Å². The zero-order chi connectivity index (χ0) is 10.8. The van der Waals surface area contributed by atoms with Gasteiger partial charge in [-0.05, 0) is 5.56 Å². The van der Waals surface area contributed by atoms with Crippen molar-refractivity contribution in [2.45, 2.75) is 18.6 Å². The van der Waals surface area contributed by atoms with Crippen molar-refractivity contribution < 1.29 is 9.47 Å². The fourth-order valence-corrected chi connectivity index (χ4v) is 2.18. The Morgan fingerprint density at radius 2 is 1.50 bits per heavy atom. The summed E-state index contributed by atoms with van der Waals surface area (Å²) in [6, 6.07) is 11.8. The summed E-state index contributed by atoms with van der Waals surface area (Å²) in [5.41, 5.74) is 1.38. The summed E-state index contributed by atoms with van der Waals surface area (Å²) < 4.78 is 10.6. The molecule has 0 radical (unpaired) electrons.